The first-order chi connectivity index (χ1) is 16.9. The van der Waals surface area contributed by atoms with Crippen LogP contribution in [-0.4, -0.2) is 50.5 Å². The predicted octanol–water partition coefficient (Wildman–Crippen LogP) is 4.90. The second-order valence-corrected chi connectivity index (χ2v) is 11.8. The minimum atomic E-state index is -3.79. The molecule has 10 heteroatoms. The molecule has 0 fully saturated rings. The number of benzene rings is 2. The number of amides is 2. The first kappa shape index (κ1) is 29.9. The van der Waals surface area contributed by atoms with Gasteiger partial charge < -0.3 is 10.2 Å². The van der Waals surface area contributed by atoms with E-state index in [0.717, 1.165) is 16.1 Å². The van der Waals surface area contributed by atoms with Gasteiger partial charge in [-0.3, -0.25) is 13.9 Å². The van der Waals surface area contributed by atoms with E-state index in [-0.39, 0.29) is 18.4 Å². The van der Waals surface area contributed by atoms with Crippen LogP contribution in [0.15, 0.2) is 42.5 Å². The molecule has 0 saturated heterocycles. The van der Waals surface area contributed by atoms with E-state index in [1.165, 1.54) is 4.90 Å². The Morgan fingerprint density at radius 1 is 1.03 bits per heavy atom. The van der Waals surface area contributed by atoms with Gasteiger partial charge >= 0.3 is 0 Å². The third-order valence-electron chi connectivity index (χ3n) is 5.73. The number of nitrogens with zero attached hydrogens (tertiary/aromatic N) is 2. The van der Waals surface area contributed by atoms with Gasteiger partial charge in [-0.25, -0.2) is 8.42 Å². The molecule has 2 rings (SSSR count). The van der Waals surface area contributed by atoms with Gasteiger partial charge in [-0.15, -0.1) is 0 Å². The Kier molecular flexibility index (Phi) is 11.1. The predicted molar refractivity (Wildman–Crippen MR) is 147 cm³/mol. The zero-order valence-electron chi connectivity index (χ0n) is 21.4. The second-order valence-electron chi connectivity index (χ2n) is 9.09. The Balaban J connectivity index is 2.48. The number of sulfonamides is 1. The molecular formula is C26H35Cl2N3O4S. The van der Waals surface area contributed by atoms with Gasteiger partial charge in [0.2, 0.25) is 21.8 Å². The van der Waals surface area contributed by atoms with Gasteiger partial charge in [0, 0.05) is 13.1 Å². The Hall–Kier alpha value is -2.29. The van der Waals surface area contributed by atoms with E-state index in [1.807, 2.05) is 39.8 Å². The van der Waals surface area contributed by atoms with Crippen LogP contribution in [0.5, 0.6) is 0 Å². The summed E-state index contributed by atoms with van der Waals surface area (Å²) in [5.41, 5.74) is 1.92. The largest absolute Gasteiger partial charge is 0.354 e. The SMILES string of the molecule is CCc1ccccc1N(CC(=O)N(Cc1ccc(Cl)c(Cl)c1)C(CC)C(=O)NCC(C)C)S(C)(=O)=O. The van der Waals surface area contributed by atoms with E-state index in [9.17, 15) is 18.0 Å². The highest BCUT2D eigenvalue weighted by Crippen LogP contribution is 2.26. The summed E-state index contributed by atoms with van der Waals surface area (Å²) in [6.45, 7) is 7.79. The molecule has 0 aliphatic heterocycles. The van der Waals surface area contributed by atoms with Gasteiger partial charge in [-0.1, -0.05) is 75.2 Å². The van der Waals surface area contributed by atoms with Crippen molar-refractivity contribution in [1.29, 1.82) is 0 Å². The lowest BCUT2D eigenvalue weighted by molar-refractivity contribution is -0.140. The second kappa shape index (κ2) is 13.3. The van der Waals surface area contributed by atoms with Gasteiger partial charge in [0.25, 0.3) is 0 Å². The number of halogens is 2. The lowest BCUT2D eigenvalue weighted by Crippen LogP contribution is -2.52. The summed E-state index contributed by atoms with van der Waals surface area (Å²) in [5, 5.41) is 3.60. The van der Waals surface area contributed by atoms with Crippen molar-refractivity contribution < 1.29 is 18.0 Å². The van der Waals surface area contributed by atoms with Crippen LogP contribution in [0.3, 0.4) is 0 Å². The smallest absolute Gasteiger partial charge is 0.244 e. The standard InChI is InChI=1S/C26H35Cl2N3O4S/c1-6-20-10-8-9-11-24(20)31(36(5,34)35)17-25(32)30(16-19-12-13-21(27)22(28)14-19)23(7-2)26(33)29-15-18(3)4/h8-14,18,23H,6-7,15-17H2,1-5H3,(H,29,33). The van der Waals surface area contributed by atoms with Crippen LogP contribution < -0.4 is 9.62 Å². The number of carbonyl (C=O) groups is 2. The van der Waals surface area contributed by atoms with Crippen LogP contribution >= 0.6 is 23.2 Å². The number of anilines is 1. The zero-order chi connectivity index (χ0) is 27.0. The number of hydrogen-bond acceptors (Lipinski definition) is 4. The number of aryl methyl sites for hydroxylation is 1. The summed E-state index contributed by atoms with van der Waals surface area (Å²) in [6.07, 6.45) is 2.02. The van der Waals surface area contributed by atoms with Crippen LogP contribution in [0.1, 0.15) is 45.2 Å². The molecule has 36 heavy (non-hydrogen) atoms. The van der Waals surface area contributed by atoms with Crippen molar-refractivity contribution in [2.75, 3.05) is 23.7 Å². The van der Waals surface area contributed by atoms with Crippen molar-refractivity contribution >= 4 is 50.7 Å². The van der Waals surface area contributed by atoms with E-state index in [0.29, 0.717) is 40.7 Å². The number of hydrogen-bond donors (Lipinski definition) is 1. The fourth-order valence-electron chi connectivity index (χ4n) is 3.82. The van der Waals surface area contributed by atoms with Crippen LogP contribution in [0, 0.1) is 5.92 Å². The summed E-state index contributed by atoms with van der Waals surface area (Å²) in [4.78, 5) is 28.3. The fourth-order valence-corrected chi connectivity index (χ4v) is 5.03. The average molecular weight is 557 g/mol. The molecule has 0 aromatic heterocycles. The zero-order valence-corrected chi connectivity index (χ0v) is 23.8. The molecule has 1 atom stereocenters. The number of para-hydroxylation sites is 1. The van der Waals surface area contributed by atoms with Gasteiger partial charge in [0.05, 0.1) is 22.0 Å². The molecule has 0 heterocycles. The van der Waals surface area contributed by atoms with Crippen LogP contribution in [0.2, 0.25) is 10.0 Å². The minimum absolute atomic E-state index is 0.0658. The Labute approximate surface area is 224 Å². The molecule has 0 aliphatic rings. The van der Waals surface area contributed by atoms with E-state index < -0.39 is 28.5 Å². The first-order valence-electron chi connectivity index (χ1n) is 12.0. The Morgan fingerprint density at radius 3 is 2.25 bits per heavy atom. The van der Waals surface area contributed by atoms with Crippen LogP contribution in [0.25, 0.3) is 0 Å². The fraction of sp³-hybridized carbons (Fsp3) is 0.462. The molecule has 2 aromatic rings. The number of nitrogens with one attached hydrogen (secondary N) is 1. The van der Waals surface area contributed by atoms with Crippen molar-refractivity contribution in [2.24, 2.45) is 5.92 Å². The van der Waals surface area contributed by atoms with E-state index >= 15 is 0 Å². The average Bonchev–Trinajstić information content (AvgIpc) is 2.82. The highest BCUT2D eigenvalue weighted by molar-refractivity contribution is 7.92. The topological polar surface area (TPSA) is 86.8 Å². The quantitative estimate of drug-likeness (QED) is 0.403. The maximum Gasteiger partial charge on any atom is 0.244 e. The van der Waals surface area contributed by atoms with Crippen molar-refractivity contribution in [3.05, 3.63) is 63.6 Å². The van der Waals surface area contributed by atoms with Gasteiger partial charge in [0.15, 0.2) is 0 Å². The molecule has 1 N–H and O–H groups in total. The molecule has 0 radical (unpaired) electrons. The van der Waals surface area contributed by atoms with E-state index in [2.05, 4.69) is 5.32 Å². The molecule has 2 amide bonds. The van der Waals surface area contributed by atoms with Gasteiger partial charge in [-0.2, -0.15) is 0 Å². The molecular weight excluding hydrogens is 521 g/mol. The van der Waals surface area contributed by atoms with Crippen LogP contribution in [0.4, 0.5) is 5.69 Å². The Bertz CT molecular complexity index is 1170. The molecule has 7 nitrogen and oxygen atoms in total. The van der Waals surface area contributed by atoms with Crippen molar-refractivity contribution in [2.45, 2.75) is 53.1 Å². The van der Waals surface area contributed by atoms with Crippen molar-refractivity contribution in [3.8, 4) is 0 Å². The highest BCUT2D eigenvalue weighted by Gasteiger charge is 2.32. The molecule has 0 bridgehead atoms. The normalized spacial score (nSPS) is 12.3. The van der Waals surface area contributed by atoms with Crippen molar-refractivity contribution in [1.82, 2.24) is 10.2 Å². The van der Waals surface area contributed by atoms with Crippen LogP contribution in [-0.2, 0) is 32.6 Å². The summed E-state index contributed by atoms with van der Waals surface area (Å²) >= 11 is 12.2. The monoisotopic (exact) mass is 555 g/mol. The molecule has 1 unspecified atom stereocenters. The third kappa shape index (κ3) is 8.11. The molecule has 2 aromatic carbocycles. The third-order valence-corrected chi connectivity index (χ3v) is 7.59. The number of rotatable bonds is 12. The maximum absolute atomic E-state index is 13.8. The van der Waals surface area contributed by atoms with Gasteiger partial charge in [0.1, 0.15) is 12.6 Å². The van der Waals surface area contributed by atoms with Crippen molar-refractivity contribution in [3.63, 3.8) is 0 Å². The highest BCUT2D eigenvalue weighted by atomic mass is 35.5. The van der Waals surface area contributed by atoms with E-state index in [1.54, 1.807) is 30.3 Å². The maximum atomic E-state index is 13.8. The summed E-state index contributed by atoms with van der Waals surface area (Å²) in [6, 6.07) is 11.3. The van der Waals surface area contributed by atoms with Gasteiger partial charge in [-0.05, 0) is 48.1 Å². The Morgan fingerprint density at radius 2 is 1.69 bits per heavy atom. The summed E-state index contributed by atoms with van der Waals surface area (Å²) in [7, 11) is -3.79. The molecule has 198 valence electrons. The summed E-state index contributed by atoms with van der Waals surface area (Å²) in [5.74, 6) is -0.555. The first-order valence-corrected chi connectivity index (χ1v) is 14.6. The van der Waals surface area contributed by atoms with E-state index in [4.69, 9.17) is 23.2 Å². The lowest BCUT2D eigenvalue weighted by atomic mass is 10.1. The molecule has 0 saturated carbocycles. The number of carbonyl (C=O) groups excluding carboxylic acids is 2. The molecule has 0 aliphatic carbocycles. The lowest BCUT2D eigenvalue weighted by Gasteiger charge is -2.33. The minimum Gasteiger partial charge on any atom is -0.354 e. The molecule has 0 spiro atoms. The summed E-state index contributed by atoms with van der Waals surface area (Å²) < 4.78 is 26.7.